The number of carbonyl (C=O) groups is 1. The number of piperazine rings is 1. The van der Waals surface area contributed by atoms with Crippen LogP contribution < -0.4 is 5.32 Å². The lowest BCUT2D eigenvalue weighted by atomic mass is 9.89. The summed E-state index contributed by atoms with van der Waals surface area (Å²) in [4.78, 5) is 14.8. The van der Waals surface area contributed by atoms with Gasteiger partial charge in [-0.15, -0.1) is 0 Å². The summed E-state index contributed by atoms with van der Waals surface area (Å²) in [5.74, 6) is -0.112. The predicted molar refractivity (Wildman–Crippen MR) is 72.9 cm³/mol. The van der Waals surface area contributed by atoms with Gasteiger partial charge in [0.05, 0.1) is 7.11 Å². The fraction of sp³-hybridized carbons (Fsp3) is 0.533. The van der Waals surface area contributed by atoms with Crippen LogP contribution in [0, 0.1) is 0 Å². The first-order valence-corrected chi connectivity index (χ1v) is 6.91. The fourth-order valence-electron chi connectivity index (χ4n) is 3.48. The van der Waals surface area contributed by atoms with E-state index in [2.05, 4.69) is 22.3 Å². The molecule has 1 aromatic rings. The van der Waals surface area contributed by atoms with Crippen molar-refractivity contribution in [1.82, 2.24) is 10.2 Å². The van der Waals surface area contributed by atoms with Crippen molar-refractivity contribution in [3.8, 4) is 0 Å². The highest BCUT2D eigenvalue weighted by Gasteiger charge is 2.50. The molecule has 0 aromatic heterocycles. The molecule has 0 amide bonds. The molecular formula is C15H20N2O2. The fourth-order valence-corrected chi connectivity index (χ4v) is 3.48. The van der Waals surface area contributed by atoms with Crippen LogP contribution in [0.3, 0.4) is 0 Å². The van der Waals surface area contributed by atoms with Crippen molar-refractivity contribution < 1.29 is 9.53 Å². The second-order valence-corrected chi connectivity index (χ2v) is 5.25. The number of nitrogens with one attached hydrogen (secondary N) is 1. The Kier molecular flexibility index (Phi) is 3.29. The van der Waals surface area contributed by atoms with Crippen molar-refractivity contribution in [2.45, 2.75) is 18.4 Å². The molecule has 19 heavy (non-hydrogen) atoms. The number of hydrogen-bond acceptors (Lipinski definition) is 4. The molecule has 0 saturated carbocycles. The van der Waals surface area contributed by atoms with Gasteiger partial charge < -0.3 is 10.1 Å². The number of hydrogen-bond donors (Lipinski definition) is 1. The van der Waals surface area contributed by atoms with Crippen LogP contribution >= 0.6 is 0 Å². The normalized spacial score (nSPS) is 27.0. The summed E-state index contributed by atoms with van der Waals surface area (Å²) in [5, 5.41) is 3.34. The molecule has 1 aliphatic heterocycles. The third-order valence-corrected chi connectivity index (χ3v) is 4.40. The lowest BCUT2D eigenvalue weighted by Crippen LogP contribution is -2.57. The molecule has 4 heteroatoms. The van der Waals surface area contributed by atoms with E-state index >= 15 is 0 Å². The molecule has 1 aromatic carbocycles. The lowest BCUT2D eigenvalue weighted by molar-refractivity contribution is -0.157. The molecular weight excluding hydrogens is 240 g/mol. The molecule has 0 radical (unpaired) electrons. The summed E-state index contributed by atoms with van der Waals surface area (Å²) in [5.41, 5.74) is 1.86. The van der Waals surface area contributed by atoms with E-state index in [4.69, 9.17) is 4.74 Å². The Hall–Kier alpha value is -1.39. The predicted octanol–water partition coefficient (Wildman–Crippen LogP) is 0.906. The number of ether oxygens (including phenoxy) is 1. The van der Waals surface area contributed by atoms with Gasteiger partial charge in [0.2, 0.25) is 0 Å². The molecule has 1 aliphatic carbocycles. The highest BCUT2D eigenvalue weighted by atomic mass is 16.5. The molecule has 0 bridgehead atoms. The van der Waals surface area contributed by atoms with Crippen LogP contribution in [0.5, 0.6) is 0 Å². The van der Waals surface area contributed by atoms with Crippen LogP contribution in [0.4, 0.5) is 0 Å². The van der Waals surface area contributed by atoms with Crippen LogP contribution in [-0.2, 0) is 21.5 Å². The van der Waals surface area contributed by atoms with Crippen molar-refractivity contribution in [1.29, 1.82) is 0 Å². The van der Waals surface area contributed by atoms with Crippen LogP contribution in [-0.4, -0.2) is 44.2 Å². The van der Waals surface area contributed by atoms with E-state index in [9.17, 15) is 4.79 Å². The SMILES string of the molecule is COC(=O)C1(N2CCNCC2)CCc2ccccc21. The first-order valence-electron chi connectivity index (χ1n) is 6.91. The number of fused-ring (bicyclic) bond motifs is 1. The van der Waals surface area contributed by atoms with E-state index in [0.717, 1.165) is 44.6 Å². The second-order valence-electron chi connectivity index (χ2n) is 5.25. The van der Waals surface area contributed by atoms with E-state index in [1.165, 1.54) is 12.7 Å². The Morgan fingerprint density at radius 2 is 2.05 bits per heavy atom. The molecule has 1 saturated heterocycles. The van der Waals surface area contributed by atoms with E-state index in [1.807, 2.05) is 12.1 Å². The third-order valence-electron chi connectivity index (χ3n) is 4.40. The highest BCUT2D eigenvalue weighted by Crippen LogP contribution is 2.42. The van der Waals surface area contributed by atoms with Gasteiger partial charge in [0, 0.05) is 26.2 Å². The van der Waals surface area contributed by atoms with Gasteiger partial charge in [0.15, 0.2) is 0 Å². The number of methoxy groups -OCH3 is 1. The maximum atomic E-state index is 12.5. The zero-order valence-electron chi connectivity index (χ0n) is 11.3. The van der Waals surface area contributed by atoms with Crippen LogP contribution in [0.2, 0.25) is 0 Å². The average Bonchev–Trinajstić information content (AvgIpc) is 2.88. The summed E-state index contributed by atoms with van der Waals surface area (Å²) in [7, 11) is 1.49. The first kappa shape index (κ1) is 12.6. The zero-order chi connectivity index (χ0) is 13.3. The minimum Gasteiger partial charge on any atom is -0.467 e. The summed E-state index contributed by atoms with van der Waals surface area (Å²) in [6, 6.07) is 8.28. The van der Waals surface area contributed by atoms with Crippen molar-refractivity contribution in [2.75, 3.05) is 33.3 Å². The summed E-state index contributed by atoms with van der Waals surface area (Å²) in [6.07, 6.45) is 1.79. The van der Waals surface area contributed by atoms with E-state index in [-0.39, 0.29) is 5.97 Å². The van der Waals surface area contributed by atoms with Crippen molar-refractivity contribution in [3.63, 3.8) is 0 Å². The minimum atomic E-state index is -0.562. The Morgan fingerprint density at radius 1 is 1.32 bits per heavy atom. The Morgan fingerprint density at radius 3 is 2.79 bits per heavy atom. The van der Waals surface area contributed by atoms with Crippen LogP contribution in [0.1, 0.15) is 17.5 Å². The van der Waals surface area contributed by atoms with Gasteiger partial charge in [-0.25, -0.2) is 4.79 Å². The van der Waals surface area contributed by atoms with Gasteiger partial charge in [0.1, 0.15) is 5.54 Å². The summed E-state index contributed by atoms with van der Waals surface area (Å²) < 4.78 is 5.15. The Labute approximate surface area is 113 Å². The largest absolute Gasteiger partial charge is 0.467 e. The van der Waals surface area contributed by atoms with Gasteiger partial charge in [-0.05, 0) is 24.0 Å². The zero-order valence-corrected chi connectivity index (χ0v) is 11.3. The monoisotopic (exact) mass is 260 g/mol. The maximum absolute atomic E-state index is 12.5. The second kappa shape index (κ2) is 4.94. The van der Waals surface area contributed by atoms with E-state index in [0.29, 0.717) is 0 Å². The van der Waals surface area contributed by atoms with Crippen LogP contribution in [0.15, 0.2) is 24.3 Å². The molecule has 2 aliphatic rings. The highest BCUT2D eigenvalue weighted by molar-refractivity contribution is 5.84. The third kappa shape index (κ3) is 1.86. The lowest BCUT2D eigenvalue weighted by Gasteiger charge is -2.41. The smallest absolute Gasteiger partial charge is 0.330 e. The summed E-state index contributed by atoms with van der Waals surface area (Å²) >= 11 is 0. The molecule has 102 valence electrons. The number of nitrogens with zero attached hydrogens (tertiary/aromatic N) is 1. The minimum absolute atomic E-state index is 0.112. The van der Waals surface area contributed by atoms with Crippen molar-refractivity contribution in [2.24, 2.45) is 0 Å². The Balaban J connectivity index is 2.06. The average molecular weight is 260 g/mol. The number of esters is 1. The Bertz CT molecular complexity index is 483. The molecule has 0 spiro atoms. The molecule has 1 fully saturated rings. The number of rotatable bonds is 2. The van der Waals surface area contributed by atoms with Gasteiger partial charge in [0.25, 0.3) is 0 Å². The molecule has 1 heterocycles. The number of carbonyl (C=O) groups excluding carboxylic acids is 1. The topological polar surface area (TPSA) is 41.6 Å². The summed E-state index contributed by atoms with van der Waals surface area (Å²) in [6.45, 7) is 3.65. The molecule has 1 atom stereocenters. The van der Waals surface area contributed by atoms with Crippen molar-refractivity contribution >= 4 is 5.97 Å². The standard InChI is InChI=1S/C15H20N2O2/c1-19-14(18)15(17-10-8-16-9-11-17)7-6-12-4-2-3-5-13(12)15/h2-5,16H,6-11H2,1H3. The first-order chi connectivity index (χ1) is 9.29. The molecule has 1 unspecified atom stereocenters. The van der Waals surface area contributed by atoms with Gasteiger partial charge in [-0.2, -0.15) is 0 Å². The quantitative estimate of drug-likeness (QED) is 0.803. The number of benzene rings is 1. The van der Waals surface area contributed by atoms with Gasteiger partial charge in [-0.1, -0.05) is 24.3 Å². The van der Waals surface area contributed by atoms with E-state index in [1.54, 1.807) is 0 Å². The van der Waals surface area contributed by atoms with Crippen molar-refractivity contribution in [3.05, 3.63) is 35.4 Å². The van der Waals surface area contributed by atoms with Gasteiger partial charge >= 0.3 is 5.97 Å². The molecule has 4 nitrogen and oxygen atoms in total. The number of aryl methyl sites for hydroxylation is 1. The maximum Gasteiger partial charge on any atom is 0.330 e. The van der Waals surface area contributed by atoms with E-state index < -0.39 is 5.54 Å². The van der Waals surface area contributed by atoms with Gasteiger partial charge in [-0.3, -0.25) is 4.90 Å². The molecule has 1 N–H and O–H groups in total. The molecule has 3 rings (SSSR count). The van der Waals surface area contributed by atoms with Crippen LogP contribution in [0.25, 0.3) is 0 Å².